The van der Waals surface area contributed by atoms with E-state index in [-0.39, 0.29) is 21.7 Å². The van der Waals surface area contributed by atoms with Crippen LogP contribution in [-0.4, -0.2) is 33.4 Å². The lowest BCUT2D eigenvalue weighted by molar-refractivity contribution is 0.0936. The van der Waals surface area contributed by atoms with Crippen molar-refractivity contribution >= 4 is 61.6 Å². The molecule has 0 aliphatic heterocycles. The average Bonchev–Trinajstić information content (AvgIpc) is 3.20. The van der Waals surface area contributed by atoms with Crippen LogP contribution in [0, 0.1) is 5.92 Å². The summed E-state index contributed by atoms with van der Waals surface area (Å²) in [5.74, 6) is -0.762. The van der Waals surface area contributed by atoms with Crippen molar-refractivity contribution in [1.82, 2.24) is 5.32 Å². The fourth-order valence-electron chi connectivity index (χ4n) is 4.01. The molecule has 3 amide bonds. The second-order valence-electron chi connectivity index (χ2n) is 8.60. The second kappa shape index (κ2) is 10.9. The minimum atomic E-state index is -3.91. The highest BCUT2D eigenvalue weighted by molar-refractivity contribution is 7.92. The number of thiophene rings is 1. The lowest BCUT2D eigenvalue weighted by Crippen LogP contribution is -2.31. The van der Waals surface area contributed by atoms with Gasteiger partial charge in [0.2, 0.25) is 0 Å². The summed E-state index contributed by atoms with van der Waals surface area (Å²) < 4.78 is 32.4. The third kappa shape index (κ3) is 6.12. The maximum Gasteiger partial charge on any atom is 0.413 e. The van der Waals surface area contributed by atoms with Crippen LogP contribution < -0.4 is 15.4 Å². The summed E-state index contributed by atoms with van der Waals surface area (Å²) in [5, 5.41) is 5.67. The zero-order chi connectivity index (χ0) is 26.7. The molecule has 1 heterocycles. The van der Waals surface area contributed by atoms with Gasteiger partial charge in [-0.3, -0.25) is 19.6 Å². The molecule has 3 N–H and O–H groups in total. The van der Waals surface area contributed by atoms with Crippen molar-refractivity contribution in [3.8, 4) is 0 Å². The Bertz CT molecular complexity index is 1470. The van der Waals surface area contributed by atoms with Gasteiger partial charge in [0, 0.05) is 21.2 Å². The fourth-order valence-corrected chi connectivity index (χ4v) is 6.59. The number of sulfonamides is 1. The van der Waals surface area contributed by atoms with Gasteiger partial charge < -0.3 is 10.1 Å². The lowest BCUT2D eigenvalue weighted by atomic mass is 9.88. The van der Waals surface area contributed by atoms with Gasteiger partial charge in [-0.25, -0.2) is 13.2 Å². The van der Waals surface area contributed by atoms with Crippen molar-refractivity contribution in [3.05, 3.63) is 75.1 Å². The molecular formula is C25H24ClN3O6S2. The lowest BCUT2D eigenvalue weighted by Gasteiger charge is -2.18. The Morgan fingerprint density at radius 2 is 1.81 bits per heavy atom. The van der Waals surface area contributed by atoms with E-state index in [0.717, 1.165) is 30.4 Å². The van der Waals surface area contributed by atoms with Crippen LogP contribution in [0.3, 0.4) is 0 Å². The number of rotatable bonds is 6. The third-order valence-electron chi connectivity index (χ3n) is 5.87. The number of carbonyl (C=O) groups excluding carboxylic acids is 3. The molecule has 0 saturated heterocycles. The predicted molar refractivity (Wildman–Crippen MR) is 142 cm³/mol. The molecule has 1 aromatic heterocycles. The number of methoxy groups -OCH3 is 1. The second-order valence-corrected chi connectivity index (χ2v) is 11.8. The molecule has 0 fully saturated rings. The summed E-state index contributed by atoms with van der Waals surface area (Å²) in [7, 11) is -2.75. The van der Waals surface area contributed by atoms with E-state index in [1.165, 1.54) is 53.8 Å². The zero-order valence-corrected chi connectivity index (χ0v) is 22.4. The minimum Gasteiger partial charge on any atom is -0.453 e. The smallest absolute Gasteiger partial charge is 0.413 e. The van der Waals surface area contributed by atoms with Gasteiger partial charge in [-0.05, 0) is 73.2 Å². The summed E-state index contributed by atoms with van der Waals surface area (Å²) in [6.45, 7) is 2.12. The highest BCUT2D eigenvalue weighted by atomic mass is 35.5. The SMILES string of the molecule is COC(=O)NC(=O)c1c(NC(=O)c2cccc(NS(=O)(=O)c3ccc(Cl)cc3)c2)sc2c1CCC(C)C2. The van der Waals surface area contributed by atoms with Crippen LogP contribution in [0.1, 0.15) is 44.5 Å². The molecule has 9 nitrogen and oxygen atoms in total. The third-order valence-corrected chi connectivity index (χ3v) is 8.69. The standard InChI is InChI=1S/C25H24ClN3O6S2/c1-14-6-11-19-20(12-14)36-24(21(19)23(31)28-25(32)35-2)27-22(30)15-4-3-5-17(13-15)29-37(33,34)18-9-7-16(26)8-10-18/h3-5,7-10,13-14,29H,6,11-12H2,1-2H3,(H,27,30)(H,28,31,32). The Kier molecular flexibility index (Phi) is 7.86. The van der Waals surface area contributed by atoms with Crippen LogP contribution in [0.25, 0.3) is 0 Å². The zero-order valence-electron chi connectivity index (χ0n) is 20.0. The Balaban J connectivity index is 1.59. The highest BCUT2D eigenvalue weighted by Crippen LogP contribution is 2.40. The van der Waals surface area contributed by atoms with E-state index in [0.29, 0.717) is 22.4 Å². The van der Waals surface area contributed by atoms with E-state index in [1.807, 2.05) is 0 Å². The number of hydrogen-bond donors (Lipinski definition) is 3. The first-order chi connectivity index (χ1) is 17.6. The molecule has 194 valence electrons. The van der Waals surface area contributed by atoms with Gasteiger partial charge in [0.05, 0.1) is 17.6 Å². The van der Waals surface area contributed by atoms with Crippen LogP contribution >= 0.6 is 22.9 Å². The molecule has 0 bridgehead atoms. The number of ether oxygens (including phenoxy) is 1. The molecule has 12 heteroatoms. The largest absolute Gasteiger partial charge is 0.453 e. The first kappa shape index (κ1) is 26.6. The van der Waals surface area contributed by atoms with E-state index < -0.39 is 27.9 Å². The van der Waals surface area contributed by atoms with E-state index >= 15 is 0 Å². The molecule has 1 unspecified atom stereocenters. The molecule has 1 atom stereocenters. The summed E-state index contributed by atoms with van der Waals surface area (Å²) in [6.07, 6.45) is 1.39. The van der Waals surface area contributed by atoms with Gasteiger partial charge in [-0.2, -0.15) is 0 Å². The molecule has 3 aromatic rings. The summed E-state index contributed by atoms with van der Waals surface area (Å²) in [5.41, 5.74) is 1.41. The highest BCUT2D eigenvalue weighted by Gasteiger charge is 2.29. The number of anilines is 2. The van der Waals surface area contributed by atoms with Crippen molar-refractivity contribution < 1.29 is 27.5 Å². The van der Waals surface area contributed by atoms with Crippen LogP contribution in [0.2, 0.25) is 5.02 Å². The topological polar surface area (TPSA) is 131 Å². The number of carbonyl (C=O) groups is 3. The first-order valence-corrected chi connectivity index (χ1v) is 14.0. The van der Waals surface area contributed by atoms with Gasteiger partial charge in [-0.15, -0.1) is 11.3 Å². The van der Waals surface area contributed by atoms with E-state index in [4.69, 9.17) is 11.6 Å². The number of hydrogen-bond acceptors (Lipinski definition) is 7. The Hall–Kier alpha value is -3.41. The van der Waals surface area contributed by atoms with Gasteiger partial charge in [-0.1, -0.05) is 24.6 Å². The van der Waals surface area contributed by atoms with Crippen molar-refractivity contribution in [2.24, 2.45) is 5.92 Å². The summed E-state index contributed by atoms with van der Waals surface area (Å²) in [6, 6.07) is 11.7. The minimum absolute atomic E-state index is 0.0198. The molecule has 0 radical (unpaired) electrons. The monoisotopic (exact) mass is 561 g/mol. The van der Waals surface area contributed by atoms with Crippen molar-refractivity contribution in [3.63, 3.8) is 0 Å². The molecular weight excluding hydrogens is 538 g/mol. The Morgan fingerprint density at radius 1 is 1.08 bits per heavy atom. The first-order valence-electron chi connectivity index (χ1n) is 11.3. The van der Waals surface area contributed by atoms with Crippen LogP contribution in [-0.2, 0) is 27.6 Å². The van der Waals surface area contributed by atoms with E-state index in [9.17, 15) is 22.8 Å². The van der Waals surface area contributed by atoms with Crippen molar-refractivity contribution in [1.29, 1.82) is 0 Å². The van der Waals surface area contributed by atoms with Crippen molar-refractivity contribution in [2.75, 3.05) is 17.1 Å². The number of amides is 3. The molecule has 0 saturated carbocycles. The van der Waals surface area contributed by atoms with Crippen LogP contribution in [0.5, 0.6) is 0 Å². The quantitative estimate of drug-likeness (QED) is 0.385. The number of fused-ring (bicyclic) bond motifs is 1. The number of imide groups is 1. The maximum absolute atomic E-state index is 13.2. The Morgan fingerprint density at radius 3 is 2.51 bits per heavy atom. The normalized spacial score (nSPS) is 14.8. The average molecular weight is 562 g/mol. The molecule has 4 rings (SSSR count). The molecule has 1 aliphatic carbocycles. The van der Waals surface area contributed by atoms with Crippen molar-refractivity contribution in [2.45, 2.75) is 31.1 Å². The molecule has 1 aliphatic rings. The Labute approximate surface area is 223 Å². The van der Waals surface area contributed by atoms with E-state index in [2.05, 4.69) is 27.0 Å². The van der Waals surface area contributed by atoms with Gasteiger partial charge in [0.1, 0.15) is 5.00 Å². The van der Waals surface area contributed by atoms with Crippen LogP contribution in [0.15, 0.2) is 53.4 Å². The predicted octanol–water partition coefficient (Wildman–Crippen LogP) is 5.08. The maximum atomic E-state index is 13.2. The summed E-state index contributed by atoms with van der Waals surface area (Å²) in [4.78, 5) is 38.7. The van der Waals surface area contributed by atoms with Gasteiger partial charge >= 0.3 is 6.09 Å². The van der Waals surface area contributed by atoms with Gasteiger partial charge in [0.15, 0.2) is 0 Å². The fraction of sp³-hybridized carbons (Fsp3) is 0.240. The molecule has 0 spiro atoms. The number of benzene rings is 2. The molecule has 2 aromatic carbocycles. The number of nitrogens with one attached hydrogen (secondary N) is 3. The van der Waals surface area contributed by atoms with Gasteiger partial charge in [0.25, 0.3) is 21.8 Å². The van der Waals surface area contributed by atoms with E-state index in [1.54, 1.807) is 6.07 Å². The molecule has 37 heavy (non-hydrogen) atoms. The van der Waals surface area contributed by atoms with Crippen LogP contribution in [0.4, 0.5) is 15.5 Å². The summed E-state index contributed by atoms with van der Waals surface area (Å²) >= 11 is 7.14. The number of halogens is 1. The number of alkyl carbamates (subject to hydrolysis) is 1.